The molecule has 6 heteroatoms. The lowest BCUT2D eigenvalue weighted by Crippen LogP contribution is -2.06. The van der Waals surface area contributed by atoms with E-state index in [1.54, 1.807) is 18.3 Å². The van der Waals surface area contributed by atoms with E-state index >= 15 is 0 Å². The quantitative estimate of drug-likeness (QED) is 0.377. The third-order valence-corrected chi connectivity index (χ3v) is 4.65. The second kappa shape index (κ2) is 8.44. The Kier molecular flexibility index (Phi) is 5.97. The molecule has 0 bridgehead atoms. The van der Waals surface area contributed by atoms with Gasteiger partial charge in [0.25, 0.3) is 0 Å². The van der Waals surface area contributed by atoms with E-state index in [1.165, 1.54) is 12.1 Å². The molecule has 150 valence electrons. The third-order valence-electron chi connectivity index (χ3n) is 4.65. The average molecular weight is 399 g/mol. The summed E-state index contributed by atoms with van der Waals surface area (Å²) in [6.45, 7) is 2.91. The summed E-state index contributed by atoms with van der Waals surface area (Å²) in [5.41, 5.74) is 0.690. The van der Waals surface area contributed by atoms with Gasteiger partial charge in [-0.2, -0.15) is 13.2 Å². The van der Waals surface area contributed by atoms with Gasteiger partial charge in [0.15, 0.2) is 5.78 Å². The lowest BCUT2D eigenvalue weighted by Gasteiger charge is -2.07. The largest absolute Gasteiger partial charge is 0.481 e. The summed E-state index contributed by atoms with van der Waals surface area (Å²) in [4.78, 5) is 13.1. The second-order valence-electron chi connectivity index (χ2n) is 6.67. The Bertz CT molecular complexity index is 1060. The highest BCUT2D eigenvalue weighted by molar-refractivity contribution is 6.16. The number of hydrogen-bond acceptors (Lipinski definition) is 2. The normalized spacial score (nSPS) is 11.4. The van der Waals surface area contributed by atoms with Gasteiger partial charge in [-0.05, 0) is 36.8 Å². The number of aryl methyl sites for hydroxylation is 1. The Balaban J connectivity index is 2.03. The van der Waals surface area contributed by atoms with Crippen LogP contribution in [0, 0.1) is 12.3 Å². The molecule has 0 saturated carbocycles. The highest BCUT2D eigenvalue weighted by Gasteiger charge is 2.30. The number of alkyl halides is 3. The molecule has 2 aromatic carbocycles. The minimum Gasteiger partial charge on any atom is -0.481 e. The Morgan fingerprint density at radius 2 is 1.90 bits per heavy atom. The molecule has 1 aromatic heterocycles. The fourth-order valence-electron chi connectivity index (χ4n) is 3.15. The van der Waals surface area contributed by atoms with E-state index in [0.717, 1.165) is 37.0 Å². The molecule has 0 aliphatic rings. The fourth-order valence-corrected chi connectivity index (χ4v) is 3.15. The molecule has 0 radical (unpaired) electrons. The molecule has 0 fully saturated rings. The van der Waals surface area contributed by atoms with Gasteiger partial charge in [0, 0.05) is 34.8 Å². The summed E-state index contributed by atoms with van der Waals surface area (Å²) in [7, 11) is 0. The van der Waals surface area contributed by atoms with E-state index in [2.05, 4.69) is 12.8 Å². The van der Waals surface area contributed by atoms with Crippen LogP contribution in [-0.2, 0) is 12.7 Å². The molecular weight excluding hydrogens is 379 g/mol. The van der Waals surface area contributed by atoms with Gasteiger partial charge in [0.2, 0.25) is 0 Å². The number of ketones is 1. The first kappa shape index (κ1) is 20.5. The lowest BCUT2D eigenvalue weighted by molar-refractivity contribution is -0.137. The van der Waals surface area contributed by atoms with E-state index in [4.69, 9.17) is 11.2 Å². The molecule has 0 aliphatic heterocycles. The molecule has 3 aromatic rings. The van der Waals surface area contributed by atoms with Gasteiger partial charge < -0.3 is 9.30 Å². The zero-order valence-electron chi connectivity index (χ0n) is 15.9. The Labute approximate surface area is 167 Å². The van der Waals surface area contributed by atoms with Gasteiger partial charge in [0.05, 0.1) is 5.56 Å². The Morgan fingerprint density at radius 1 is 1.17 bits per heavy atom. The maximum absolute atomic E-state index is 13.1. The molecule has 0 N–H and O–H groups in total. The maximum atomic E-state index is 13.1. The number of terminal acetylenes is 1. The number of aromatic nitrogens is 1. The third kappa shape index (κ3) is 4.45. The Hall–Kier alpha value is -3.20. The molecule has 0 aliphatic carbocycles. The highest BCUT2D eigenvalue weighted by Crippen LogP contribution is 2.31. The molecular formula is C23H20F3NO2. The molecule has 3 nitrogen and oxygen atoms in total. The lowest BCUT2D eigenvalue weighted by atomic mass is 10.0. The van der Waals surface area contributed by atoms with E-state index in [1.807, 2.05) is 10.6 Å². The SMILES string of the molecule is C#CCOc1ccc2c(c1)c(C(=O)c1ccc(C(F)(F)F)cc1)cn2CCCC. The number of halogens is 3. The number of hydrogen-bond donors (Lipinski definition) is 0. The maximum Gasteiger partial charge on any atom is 0.416 e. The molecule has 0 amide bonds. The molecule has 0 unspecified atom stereocenters. The van der Waals surface area contributed by atoms with E-state index < -0.39 is 11.7 Å². The molecule has 0 spiro atoms. The van der Waals surface area contributed by atoms with Gasteiger partial charge >= 0.3 is 6.18 Å². The van der Waals surface area contributed by atoms with Crippen LogP contribution in [0.3, 0.4) is 0 Å². The first-order chi connectivity index (χ1) is 13.8. The van der Waals surface area contributed by atoms with Crippen LogP contribution in [-0.4, -0.2) is 17.0 Å². The van der Waals surface area contributed by atoms with Crippen molar-refractivity contribution in [3.05, 3.63) is 65.4 Å². The summed E-state index contributed by atoms with van der Waals surface area (Å²) in [5.74, 6) is 2.58. The van der Waals surface area contributed by atoms with Crippen molar-refractivity contribution in [3.8, 4) is 18.1 Å². The summed E-state index contributed by atoms with van der Waals surface area (Å²) in [6.07, 6.45) is 4.47. The van der Waals surface area contributed by atoms with Crippen LogP contribution in [0.1, 0.15) is 41.3 Å². The van der Waals surface area contributed by atoms with Crippen molar-refractivity contribution in [2.45, 2.75) is 32.5 Å². The van der Waals surface area contributed by atoms with Crippen LogP contribution in [0.15, 0.2) is 48.7 Å². The predicted octanol–water partition coefficient (Wildman–Crippen LogP) is 5.70. The van der Waals surface area contributed by atoms with Gasteiger partial charge in [0.1, 0.15) is 12.4 Å². The van der Waals surface area contributed by atoms with Crippen molar-refractivity contribution in [1.82, 2.24) is 4.57 Å². The molecule has 0 atom stereocenters. The molecule has 29 heavy (non-hydrogen) atoms. The van der Waals surface area contributed by atoms with E-state index in [0.29, 0.717) is 16.7 Å². The van der Waals surface area contributed by atoms with E-state index in [9.17, 15) is 18.0 Å². The summed E-state index contributed by atoms with van der Waals surface area (Å²) < 4.78 is 45.9. The number of carbonyl (C=O) groups is 1. The van der Waals surface area contributed by atoms with Crippen molar-refractivity contribution in [3.63, 3.8) is 0 Å². The fraction of sp³-hybridized carbons (Fsp3) is 0.261. The van der Waals surface area contributed by atoms with Gasteiger partial charge in [-0.25, -0.2) is 0 Å². The van der Waals surface area contributed by atoms with Crippen LogP contribution in [0.25, 0.3) is 10.9 Å². The van der Waals surface area contributed by atoms with Gasteiger partial charge in [-0.1, -0.05) is 31.4 Å². The van der Waals surface area contributed by atoms with Crippen molar-refractivity contribution in [2.75, 3.05) is 6.61 Å². The number of fused-ring (bicyclic) bond motifs is 1. The van der Waals surface area contributed by atoms with Crippen molar-refractivity contribution in [1.29, 1.82) is 0 Å². The number of rotatable bonds is 7. The van der Waals surface area contributed by atoms with E-state index in [-0.39, 0.29) is 18.0 Å². The minimum absolute atomic E-state index is 0.101. The van der Waals surface area contributed by atoms with Crippen LogP contribution in [0.5, 0.6) is 5.75 Å². The van der Waals surface area contributed by atoms with Gasteiger partial charge in [-0.15, -0.1) is 6.42 Å². The molecule has 3 rings (SSSR count). The first-order valence-corrected chi connectivity index (χ1v) is 9.26. The van der Waals surface area contributed by atoms with Crippen LogP contribution in [0.4, 0.5) is 13.2 Å². The monoisotopic (exact) mass is 399 g/mol. The van der Waals surface area contributed by atoms with Crippen molar-refractivity contribution < 1.29 is 22.7 Å². The number of nitrogens with zero attached hydrogens (tertiary/aromatic N) is 1. The summed E-state index contributed by atoms with van der Waals surface area (Å²) >= 11 is 0. The molecule has 0 saturated heterocycles. The number of unbranched alkanes of at least 4 members (excludes halogenated alkanes) is 1. The topological polar surface area (TPSA) is 31.2 Å². The number of benzene rings is 2. The smallest absolute Gasteiger partial charge is 0.416 e. The zero-order chi connectivity index (χ0) is 21.0. The second-order valence-corrected chi connectivity index (χ2v) is 6.67. The summed E-state index contributed by atoms with van der Waals surface area (Å²) in [5, 5.41) is 0.681. The summed E-state index contributed by atoms with van der Waals surface area (Å²) in [6, 6.07) is 9.65. The predicted molar refractivity (Wildman–Crippen MR) is 106 cm³/mol. The Morgan fingerprint density at radius 3 is 2.52 bits per heavy atom. The van der Waals surface area contributed by atoms with Crippen LogP contribution in [0.2, 0.25) is 0 Å². The van der Waals surface area contributed by atoms with Crippen molar-refractivity contribution in [2.24, 2.45) is 0 Å². The minimum atomic E-state index is -4.44. The van der Waals surface area contributed by atoms with Crippen molar-refractivity contribution >= 4 is 16.7 Å². The highest BCUT2D eigenvalue weighted by atomic mass is 19.4. The van der Waals surface area contributed by atoms with Crippen LogP contribution < -0.4 is 4.74 Å². The van der Waals surface area contributed by atoms with Crippen LogP contribution >= 0.6 is 0 Å². The van der Waals surface area contributed by atoms with Gasteiger partial charge in [-0.3, -0.25) is 4.79 Å². The average Bonchev–Trinajstić information content (AvgIpc) is 3.07. The number of ether oxygens (including phenoxy) is 1. The zero-order valence-corrected chi connectivity index (χ0v) is 15.9. The standard InChI is InChI=1S/C23H20F3NO2/c1-3-5-12-27-15-20(19-14-18(29-13-4-2)10-11-21(19)27)22(28)16-6-8-17(9-7-16)23(24,25)26/h2,6-11,14-15H,3,5,12-13H2,1H3. The number of carbonyl (C=O) groups excluding carboxylic acids is 1. The first-order valence-electron chi connectivity index (χ1n) is 9.26. The molecule has 1 heterocycles.